The third kappa shape index (κ3) is 5.65. The van der Waals surface area contributed by atoms with Crippen molar-refractivity contribution in [2.45, 2.75) is 19.3 Å². The van der Waals surface area contributed by atoms with Crippen molar-refractivity contribution < 1.29 is 9.90 Å². The summed E-state index contributed by atoms with van der Waals surface area (Å²) in [5, 5.41) is 14.3. The third-order valence-corrected chi connectivity index (χ3v) is 4.20. The Hall–Kier alpha value is -1.72. The molecule has 2 rings (SSSR count). The highest BCUT2D eigenvalue weighted by Crippen LogP contribution is 2.14. The highest BCUT2D eigenvalue weighted by molar-refractivity contribution is 7.09. The van der Waals surface area contributed by atoms with Gasteiger partial charge >= 0.3 is 0 Å². The van der Waals surface area contributed by atoms with Gasteiger partial charge in [0, 0.05) is 42.8 Å². The molecular formula is C16H20N2O2S. The monoisotopic (exact) mass is 304 g/mol. The zero-order valence-electron chi connectivity index (χ0n) is 11.9. The number of hydrogen-bond acceptors (Lipinski definition) is 4. The molecule has 1 amide bonds. The van der Waals surface area contributed by atoms with Crippen LogP contribution in [0.5, 0.6) is 0 Å². The zero-order valence-corrected chi connectivity index (χ0v) is 12.7. The predicted molar refractivity (Wildman–Crippen MR) is 84.2 cm³/mol. The number of rotatable bonds is 8. The number of aliphatic hydroxyl groups is 1. The number of aromatic nitrogens is 1. The van der Waals surface area contributed by atoms with Crippen LogP contribution in [0.1, 0.15) is 16.9 Å². The maximum absolute atomic E-state index is 11.8. The minimum absolute atomic E-state index is 0.0245. The van der Waals surface area contributed by atoms with E-state index in [2.05, 4.69) is 16.4 Å². The molecule has 0 saturated heterocycles. The molecule has 0 bridgehead atoms. The molecule has 5 heteroatoms. The predicted octanol–water partition coefficient (Wildman–Crippen LogP) is 2.04. The Morgan fingerprint density at radius 2 is 2.14 bits per heavy atom. The topological polar surface area (TPSA) is 62.2 Å². The summed E-state index contributed by atoms with van der Waals surface area (Å²) < 4.78 is 0. The Bertz CT molecular complexity index is 528. The van der Waals surface area contributed by atoms with Gasteiger partial charge in [0.05, 0.1) is 0 Å². The molecule has 2 aromatic heterocycles. The van der Waals surface area contributed by atoms with Crippen molar-refractivity contribution in [3.8, 4) is 0 Å². The van der Waals surface area contributed by atoms with E-state index in [-0.39, 0.29) is 18.4 Å². The van der Waals surface area contributed by atoms with Gasteiger partial charge in [0.15, 0.2) is 0 Å². The largest absolute Gasteiger partial charge is 0.396 e. The van der Waals surface area contributed by atoms with Crippen LogP contribution in [-0.4, -0.2) is 29.1 Å². The average molecular weight is 304 g/mol. The summed E-state index contributed by atoms with van der Waals surface area (Å²) in [6, 6.07) is 7.89. The molecule has 0 aliphatic rings. The van der Waals surface area contributed by atoms with E-state index < -0.39 is 0 Å². The number of amides is 1. The zero-order chi connectivity index (χ0) is 14.9. The van der Waals surface area contributed by atoms with Crippen molar-refractivity contribution in [1.82, 2.24) is 10.3 Å². The SMILES string of the molecule is O=C(CCc1ccncc1)NC[C@H](CO)Cc1cccs1. The number of hydrogen-bond donors (Lipinski definition) is 2. The van der Waals surface area contributed by atoms with Crippen molar-refractivity contribution in [2.24, 2.45) is 5.92 Å². The molecule has 2 aromatic rings. The van der Waals surface area contributed by atoms with Crippen molar-refractivity contribution in [3.63, 3.8) is 0 Å². The maximum atomic E-state index is 11.8. The van der Waals surface area contributed by atoms with E-state index in [1.54, 1.807) is 23.7 Å². The number of aryl methyl sites for hydroxylation is 1. The van der Waals surface area contributed by atoms with Crippen LogP contribution < -0.4 is 5.32 Å². The molecule has 21 heavy (non-hydrogen) atoms. The number of thiophene rings is 1. The molecule has 0 radical (unpaired) electrons. The first-order valence-electron chi connectivity index (χ1n) is 7.06. The number of nitrogens with one attached hydrogen (secondary N) is 1. The molecule has 1 atom stereocenters. The molecule has 0 aliphatic heterocycles. The maximum Gasteiger partial charge on any atom is 0.220 e. The van der Waals surface area contributed by atoms with Crippen molar-refractivity contribution in [3.05, 3.63) is 52.5 Å². The normalized spacial score (nSPS) is 12.0. The van der Waals surface area contributed by atoms with E-state index in [4.69, 9.17) is 0 Å². The first-order valence-corrected chi connectivity index (χ1v) is 7.94. The van der Waals surface area contributed by atoms with Crippen LogP contribution in [0, 0.1) is 5.92 Å². The summed E-state index contributed by atoms with van der Waals surface area (Å²) in [5.41, 5.74) is 1.11. The quantitative estimate of drug-likeness (QED) is 0.784. The molecule has 2 N–H and O–H groups in total. The van der Waals surface area contributed by atoms with Gasteiger partial charge in [-0.05, 0) is 42.0 Å². The Kier molecular flexibility index (Phi) is 6.37. The molecule has 2 heterocycles. The fraction of sp³-hybridized carbons (Fsp3) is 0.375. The van der Waals surface area contributed by atoms with Gasteiger partial charge in [-0.25, -0.2) is 0 Å². The lowest BCUT2D eigenvalue weighted by atomic mass is 10.1. The van der Waals surface area contributed by atoms with Crippen LogP contribution in [-0.2, 0) is 17.6 Å². The van der Waals surface area contributed by atoms with Gasteiger partial charge in [0.1, 0.15) is 0 Å². The fourth-order valence-electron chi connectivity index (χ4n) is 2.07. The van der Waals surface area contributed by atoms with E-state index >= 15 is 0 Å². The van der Waals surface area contributed by atoms with Crippen LogP contribution in [0.2, 0.25) is 0 Å². The molecular weight excluding hydrogens is 284 g/mol. The minimum atomic E-state index is 0.0245. The molecule has 0 spiro atoms. The van der Waals surface area contributed by atoms with E-state index in [1.165, 1.54) is 4.88 Å². The van der Waals surface area contributed by atoms with Crippen molar-refractivity contribution in [1.29, 1.82) is 0 Å². The van der Waals surface area contributed by atoms with Crippen LogP contribution in [0.3, 0.4) is 0 Å². The van der Waals surface area contributed by atoms with Gasteiger partial charge in [0.2, 0.25) is 5.91 Å². The molecule has 0 aromatic carbocycles. The van der Waals surface area contributed by atoms with Crippen molar-refractivity contribution >= 4 is 17.2 Å². The summed E-state index contributed by atoms with van der Waals surface area (Å²) in [7, 11) is 0. The highest BCUT2D eigenvalue weighted by Gasteiger charge is 2.11. The van der Waals surface area contributed by atoms with E-state index in [0.29, 0.717) is 19.4 Å². The second-order valence-corrected chi connectivity index (χ2v) is 6.02. The average Bonchev–Trinajstić information content (AvgIpc) is 3.03. The van der Waals surface area contributed by atoms with E-state index in [0.717, 1.165) is 12.0 Å². The number of carbonyl (C=O) groups excluding carboxylic acids is 1. The molecule has 4 nitrogen and oxygen atoms in total. The summed E-state index contributed by atoms with van der Waals surface area (Å²) in [6.07, 6.45) is 5.44. The van der Waals surface area contributed by atoms with Gasteiger partial charge in [0.25, 0.3) is 0 Å². The fourth-order valence-corrected chi connectivity index (χ4v) is 2.89. The summed E-state index contributed by atoms with van der Waals surface area (Å²) in [6.45, 7) is 0.603. The minimum Gasteiger partial charge on any atom is -0.396 e. The first-order chi connectivity index (χ1) is 10.3. The number of carbonyl (C=O) groups is 1. The first kappa shape index (κ1) is 15.7. The Morgan fingerprint density at radius 1 is 1.33 bits per heavy atom. The van der Waals surface area contributed by atoms with Crippen molar-refractivity contribution in [2.75, 3.05) is 13.2 Å². The highest BCUT2D eigenvalue weighted by atomic mass is 32.1. The molecule has 0 aliphatic carbocycles. The Balaban J connectivity index is 1.69. The summed E-state index contributed by atoms with van der Waals surface area (Å²) in [5.74, 6) is 0.102. The molecule has 0 saturated carbocycles. The number of nitrogens with zero attached hydrogens (tertiary/aromatic N) is 1. The van der Waals surface area contributed by atoms with E-state index in [1.807, 2.05) is 23.6 Å². The molecule has 0 fully saturated rings. The second-order valence-electron chi connectivity index (χ2n) is 4.99. The molecule has 0 unspecified atom stereocenters. The Morgan fingerprint density at radius 3 is 2.81 bits per heavy atom. The van der Waals surface area contributed by atoms with Gasteiger partial charge in [-0.15, -0.1) is 11.3 Å². The van der Waals surface area contributed by atoms with Crippen LogP contribution in [0.25, 0.3) is 0 Å². The van der Waals surface area contributed by atoms with Crippen LogP contribution in [0.15, 0.2) is 42.0 Å². The number of aliphatic hydroxyl groups excluding tert-OH is 1. The standard InChI is InChI=1S/C16H20N2O2S/c19-12-14(10-15-2-1-9-21-15)11-18-16(20)4-3-13-5-7-17-8-6-13/h1-2,5-9,14,19H,3-4,10-12H2,(H,18,20)/t14-/m1/s1. The smallest absolute Gasteiger partial charge is 0.220 e. The van der Waals surface area contributed by atoms with Gasteiger partial charge < -0.3 is 10.4 Å². The van der Waals surface area contributed by atoms with Crippen LogP contribution in [0.4, 0.5) is 0 Å². The number of pyridine rings is 1. The van der Waals surface area contributed by atoms with E-state index in [9.17, 15) is 9.90 Å². The van der Waals surface area contributed by atoms with Gasteiger partial charge in [-0.3, -0.25) is 9.78 Å². The summed E-state index contributed by atoms with van der Waals surface area (Å²) in [4.78, 5) is 17.0. The molecule has 112 valence electrons. The van der Waals surface area contributed by atoms with Gasteiger partial charge in [-0.1, -0.05) is 6.07 Å². The lowest BCUT2D eigenvalue weighted by Crippen LogP contribution is -2.31. The summed E-state index contributed by atoms with van der Waals surface area (Å²) >= 11 is 1.68. The van der Waals surface area contributed by atoms with Crippen LogP contribution >= 0.6 is 11.3 Å². The third-order valence-electron chi connectivity index (χ3n) is 3.31. The second kappa shape index (κ2) is 8.54. The Labute approximate surface area is 128 Å². The lowest BCUT2D eigenvalue weighted by Gasteiger charge is -2.14. The van der Waals surface area contributed by atoms with Gasteiger partial charge in [-0.2, -0.15) is 0 Å². The lowest BCUT2D eigenvalue weighted by molar-refractivity contribution is -0.121.